The van der Waals surface area contributed by atoms with E-state index in [1.807, 2.05) is 47.8 Å². The maximum atomic E-state index is 12.5. The number of nitrogens with zero attached hydrogens (tertiary/aromatic N) is 3. The van der Waals surface area contributed by atoms with E-state index in [-0.39, 0.29) is 11.4 Å². The van der Waals surface area contributed by atoms with Gasteiger partial charge >= 0.3 is 0 Å². The largest absolute Gasteiger partial charge is 0.344 e. The number of likely N-dealkylation sites (N-methyl/N-ethyl adjacent to an activating group) is 1. The Morgan fingerprint density at radius 1 is 1.03 bits per heavy atom. The van der Waals surface area contributed by atoms with Gasteiger partial charge < -0.3 is 9.47 Å². The van der Waals surface area contributed by atoms with Crippen LogP contribution in [0.1, 0.15) is 0 Å². The molecule has 0 atom stereocenters. The van der Waals surface area contributed by atoms with E-state index in [1.54, 1.807) is 0 Å². The molecule has 0 fully saturated rings. The number of imidazole rings is 1. The van der Waals surface area contributed by atoms with E-state index in [0.717, 1.165) is 23.2 Å². The van der Waals surface area contributed by atoms with Crippen LogP contribution in [0.2, 0.25) is 0 Å². The van der Waals surface area contributed by atoms with Crippen molar-refractivity contribution in [1.29, 1.82) is 0 Å². The fourth-order valence-corrected chi connectivity index (χ4v) is 4.51. The lowest BCUT2D eigenvalue weighted by Crippen LogP contribution is -2.34. The maximum absolute atomic E-state index is 12.5. The van der Waals surface area contributed by atoms with Crippen LogP contribution in [-0.4, -0.2) is 52.8 Å². The van der Waals surface area contributed by atoms with E-state index in [1.165, 1.54) is 24.3 Å². The molecule has 2 N–H and O–H groups in total. The van der Waals surface area contributed by atoms with Gasteiger partial charge in [0.15, 0.2) is 0 Å². The molecule has 0 radical (unpaired) electrons. The van der Waals surface area contributed by atoms with E-state index >= 15 is 0 Å². The van der Waals surface area contributed by atoms with Crippen LogP contribution in [0.25, 0.3) is 11.0 Å². The number of hydrogen-bond donors (Lipinski definition) is 2. The van der Waals surface area contributed by atoms with Gasteiger partial charge in [-0.15, -0.1) is 0 Å². The molecule has 0 saturated carbocycles. The Kier molecular flexibility index (Phi) is 5.82. The van der Waals surface area contributed by atoms with Crippen LogP contribution in [0.5, 0.6) is 0 Å². The van der Waals surface area contributed by atoms with E-state index in [0.29, 0.717) is 12.2 Å². The summed E-state index contributed by atoms with van der Waals surface area (Å²) in [6.45, 7) is 0.607. The number of nitrogens with one attached hydrogen (secondary N) is 2. The SMILES string of the molecule is CN(CCNS(=O)(=O)c1ccc(NS(C)(=O)=O)cc1)c1nc2ccccc2n1C. The number of fused-ring (bicyclic) bond motifs is 1. The van der Waals surface area contributed by atoms with Crippen molar-refractivity contribution in [2.45, 2.75) is 4.90 Å². The van der Waals surface area contributed by atoms with E-state index in [2.05, 4.69) is 14.4 Å². The topological polar surface area (TPSA) is 113 Å². The van der Waals surface area contributed by atoms with Gasteiger partial charge in [-0.05, 0) is 36.4 Å². The van der Waals surface area contributed by atoms with Crippen molar-refractivity contribution in [3.05, 3.63) is 48.5 Å². The third kappa shape index (κ3) is 5.05. The fraction of sp³-hybridized carbons (Fsp3) is 0.278. The summed E-state index contributed by atoms with van der Waals surface area (Å²) in [5.41, 5.74) is 2.17. The molecule has 11 heteroatoms. The Hall–Kier alpha value is -2.63. The van der Waals surface area contributed by atoms with Gasteiger partial charge in [-0.3, -0.25) is 4.72 Å². The Morgan fingerprint density at radius 3 is 2.31 bits per heavy atom. The predicted molar refractivity (Wildman–Crippen MR) is 114 cm³/mol. The van der Waals surface area contributed by atoms with Gasteiger partial charge in [-0.1, -0.05) is 12.1 Å². The first-order chi connectivity index (χ1) is 13.6. The molecule has 0 saturated heterocycles. The lowest BCUT2D eigenvalue weighted by Gasteiger charge is -2.18. The van der Waals surface area contributed by atoms with E-state index in [4.69, 9.17) is 0 Å². The van der Waals surface area contributed by atoms with Crippen LogP contribution in [0, 0.1) is 0 Å². The molecule has 3 rings (SSSR count). The predicted octanol–water partition coefficient (Wildman–Crippen LogP) is 1.36. The van der Waals surface area contributed by atoms with Crippen molar-refractivity contribution in [1.82, 2.24) is 14.3 Å². The molecule has 1 aromatic heterocycles. The van der Waals surface area contributed by atoms with Gasteiger partial charge in [0, 0.05) is 32.9 Å². The second-order valence-electron chi connectivity index (χ2n) is 6.68. The van der Waals surface area contributed by atoms with Gasteiger partial charge in [0.05, 0.1) is 22.2 Å². The average molecular weight is 438 g/mol. The fourth-order valence-electron chi connectivity index (χ4n) is 2.92. The Labute approximate surface area is 170 Å². The van der Waals surface area contributed by atoms with Crippen LogP contribution in [0.4, 0.5) is 11.6 Å². The standard InChI is InChI=1S/C18H23N5O4S2/c1-22(18-20-16-6-4-5-7-17(16)23(18)2)13-12-19-29(26,27)15-10-8-14(9-11-15)21-28(3,24)25/h4-11,19,21H,12-13H2,1-3H3. The lowest BCUT2D eigenvalue weighted by molar-refractivity contribution is 0.581. The molecule has 0 spiro atoms. The highest BCUT2D eigenvalue weighted by Crippen LogP contribution is 2.20. The van der Waals surface area contributed by atoms with Gasteiger partial charge in [0.25, 0.3) is 0 Å². The third-order valence-electron chi connectivity index (χ3n) is 4.31. The van der Waals surface area contributed by atoms with Crippen molar-refractivity contribution in [3.63, 3.8) is 0 Å². The normalized spacial score (nSPS) is 12.2. The maximum Gasteiger partial charge on any atom is 0.240 e. The number of aryl methyl sites for hydroxylation is 1. The summed E-state index contributed by atoms with van der Waals surface area (Å²) < 4.78 is 54.2. The zero-order valence-corrected chi connectivity index (χ0v) is 18.0. The molecule has 0 aliphatic heterocycles. The first-order valence-corrected chi connectivity index (χ1v) is 12.1. The minimum absolute atomic E-state index is 0.0573. The molecule has 0 amide bonds. The summed E-state index contributed by atoms with van der Waals surface area (Å²) in [6.07, 6.45) is 1.03. The lowest BCUT2D eigenvalue weighted by atomic mass is 10.3. The van der Waals surface area contributed by atoms with Crippen molar-refractivity contribution in [2.24, 2.45) is 7.05 Å². The Balaban J connectivity index is 1.63. The van der Waals surface area contributed by atoms with Crippen LogP contribution in [0.15, 0.2) is 53.4 Å². The van der Waals surface area contributed by atoms with Crippen LogP contribution < -0.4 is 14.3 Å². The number of anilines is 2. The summed E-state index contributed by atoms with van der Waals surface area (Å²) in [5, 5.41) is 0. The molecule has 0 bridgehead atoms. The first kappa shape index (κ1) is 21.1. The highest BCUT2D eigenvalue weighted by molar-refractivity contribution is 7.92. The zero-order chi connectivity index (χ0) is 21.2. The summed E-state index contributed by atoms with van der Waals surface area (Å²) in [6, 6.07) is 13.3. The minimum Gasteiger partial charge on any atom is -0.344 e. The third-order valence-corrected chi connectivity index (χ3v) is 6.40. The van der Waals surface area contributed by atoms with Crippen molar-refractivity contribution >= 4 is 42.7 Å². The monoisotopic (exact) mass is 437 g/mol. The summed E-state index contributed by atoms with van der Waals surface area (Å²) >= 11 is 0. The van der Waals surface area contributed by atoms with Crippen LogP contribution >= 0.6 is 0 Å². The Morgan fingerprint density at radius 2 is 1.69 bits per heavy atom. The highest BCUT2D eigenvalue weighted by Gasteiger charge is 2.16. The smallest absolute Gasteiger partial charge is 0.240 e. The molecule has 29 heavy (non-hydrogen) atoms. The number of hydrogen-bond acceptors (Lipinski definition) is 6. The number of benzene rings is 2. The van der Waals surface area contributed by atoms with Gasteiger partial charge in [-0.25, -0.2) is 26.5 Å². The van der Waals surface area contributed by atoms with Crippen molar-refractivity contribution in [2.75, 3.05) is 36.0 Å². The number of rotatable bonds is 8. The quantitative estimate of drug-likeness (QED) is 0.550. The van der Waals surface area contributed by atoms with Crippen molar-refractivity contribution in [3.8, 4) is 0 Å². The van der Waals surface area contributed by atoms with E-state index in [9.17, 15) is 16.8 Å². The van der Waals surface area contributed by atoms with E-state index < -0.39 is 20.0 Å². The molecule has 2 aromatic carbocycles. The minimum atomic E-state index is -3.71. The molecule has 9 nitrogen and oxygen atoms in total. The second kappa shape index (κ2) is 8.01. The summed E-state index contributed by atoms with van der Waals surface area (Å²) in [5.74, 6) is 0.738. The zero-order valence-electron chi connectivity index (χ0n) is 16.3. The molecule has 0 aliphatic rings. The summed E-state index contributed by atoms with van der Waals surface area (Å²) in [4.78, 5) is 6.51. The Bertz CT molecular complexity index is 1220. The van der Waals surface area contributed by atoms with Crippen LogP contribution in [0.3, 0.4) is 0 Å². The van der Waals surface area contributed by atoms with Gasteiger partial charge in [0.2, 0.25) is 26.0 Å². The van der Waals surface area contributed by atoms with Crippen LogP contribution in [-0.2, 0) is 27.1 Å². The highest BCUT2D eigenvalue weighted by atomic mass is 32.2. The molecule has 3 aromatic rings. The first-order valence-electron chi connectivity index (χ1n) is 8.77. The molecule has 0 aliphatic carbocycles. The number of para-hydroxylation sites is 2. The second-order valence-corrected chi connectivity index (χ2v) is 10.2. The average Bonchev–Trinajstić information content (AvgIpc) is 2.98. The molecular formula is C18H23N5O4S2. The van der Waals surface area contributed by atoms with Gasteiger partial charge in [0.1, 0.15) is 0 Å². The molecule has 0 unspecified atom stereocenters. The molecule has 156 valence electrons. The number of aromatic nitrogens is 2. The number of sulfonamides is 2. The molecule has 1 heterocycles. The van der Waals surface area contributed by atoms with Gasteiger partial charge in [-0.2, -0.15) is 0 Å². The summed E-state index contributed by atoms with van der Waals surface area (Å²) in [7, 11) is -3.37. The molecular weight excluding hydrogens is 414 g/mol. The van der Waals surface area contributed by atoms with Crippen molar-refractivity contribution < 1.29 is 16.8 Å².